The topological polar surface area (TPSA) is 74.0 Å². The molecule has 9 heteroatoms. The van der Waals surface area contributed by atoms with Crippen LogP contribution in [0, 0.1) is 0 Å². The summed E-state index contributed by atoms with van der Waals surface area (Å²) < 4.78 is 1.91. The minimum atomic E-state index is -0.617. The molecule has 5 rings (SSSR count). The molecule has 1 aromatic heterocycles. The van der Waals surface area contributed by atoms with E-state index in [9.17, 15) is 9.90 Å². The van der Waals surface area contributed by atoms with Crippen molar-refractivity contribution in [2.45, 2.75) is 19.6 Å². The van der Waals surface area contributed by atoms with Crippen LogP contribution in [0.5, 0.6) is 0 Å². The quantitative estimate of drug-likeness (QED) is 0.551. The van der Waals surface area contributed by atoms with Gasteiger partial charge in [0.2, 0.25) is 0 Å². The molecule has 176 valence electrons. The summed E-state index contributed by atoms with van der Waals surface area (Å²) in [6.07, 6.45) is 3.11. The number of piperazine rings is 1. The number of hydrogen-bond donors (Lipinski definition) is 1. The standard InChI is InChI=1S/C25H26ClN5O2S/c1-16(32)21-13-20(26)5-4-18(21)15-31-22-6-3-17(11-19(22)14-27-31)12-23-24(33)28-25(34-23)30-9-7-29(2)8-10-30/h3-6,11-14,16,32H,7-10,15H2,1-2H3/b23-12-. The Bertz CT molecular complexity index is 1310. The Morgan fingerprint density at radius 3 is 2.74 bits per heavy atom. The second kappa shape index (κ2) is 9.54. The van der Waals surface area contributed by atoms with Gasteiger partial charge < -0.3 is 14.9 Å². The molecule has 1 fully saturated rings. The van der Waals surface area contributed by atoms with Crippen LogP contribution in [0.4, 0.5) is 0 Å². The van der Waals surface area contributed by atoms with Crippen molar-refractivity contribution in [1.29, 1.82) is 0 Å². The van der Waals surface area contributed by atoms with E-state index in [0.717, 1.165) is 58.9 Å². The molecular formula is C25H26ClN5O2S. The van der Waals surface area contributed by atoms with Crippen molar-refractivity contribution in [2.75, 3.05) is 33.2 Å². The van der Waals surface area contributed by atoms with E-state index in [2.05, 4.69) is 26.9 Å². The number of rotatable bonds is 4. The number of amides is 1. The number of fused-ring (bicyclic) bond motifs is 1. The Balaban J connectivity index is 1.35. The van der Waals surface area contributed by atoms with Crippen molar-refractivity contribution in [3.8, 4) is 0 Å². The third kappa shape index (κ3) is 4.77. The summed E-state index contributed by atoms with van der Waals surface area (Å²) in [7, 11) is 2.11. The lowest BCUT2D eigenvalue weighted by Gasteiger charge is -2.32. The summed E-state index contributed by atoms with van der Waals surface area (Å²) in [4.78, 5) is 21.9. The number of amidine groups is 1. The summed E-state index contributed by atoms with van der Waals surface area (Å²) in [6, 6.07) is 11.6. The monoisotopic (exact) mass is 495 g/mol. The van der Waals surface area contributed by atoms with Crippen molar-refractivity contribution >= 4 is 51.4 Å². The Morgan fingerprint density at radius 1 is 1.18 bits per heavy atom. The van der Waals surface area contributed by atoms with Crippen LogP contribution in [-0.2, 0) is 11.3 Å². The third-order valence-electron chi connectivity index (χ3n) is 6.22. The highest BCUT2D eigenvalue weighted by atomic mass is 35.5. The molecule has 2 aromatic carbocycles. The number of aromatic nitrogens is 2. The summed E-state index contributed by atoms with van der Waals surface area (Å²) in [5, 5.41) is 17.1. The minimum Gasteiger partial charge on any atom is -0.389 e. The van der Waals surface area contributed by atoms with E-state index in [1.54, 1.807) is 13.0 Å². The van der Waals surface area contributed by atoms with E-state index in [0.29, 0.717) is 16.5 Å². The van der Waals surface area contributed by atoms with Gasteiger partial charge in [0.25, 0.3) is 5.91 Å². The van der Waals surface area contributed by atoms with Crippen LogP contribution >= 0.6 is 23.4 Å². The number of carbonyl (C=O) groups excluding carboxylic acids is 1. The van der Waals surface area contributed by atoms with Gasteiger partial charge in [-0.05, 0) is 72.8 Å². The van der Waals surface area contributed by atoms with Gasteiger partial charge >= 0.3 is 0 Å². The van der Waals surface area contributed by atoms with Crippen LogP contribution in [-0.4, -0.2) is 69.0 Å². The Hall–Kier alpha value is -2.65. The van der Waals surface area contributed by atoms with Crippen LogP contribution < -0.4 is 0 Å². The first-order valence-corrected chi connectivity index (χ1v) is 12.4. The van der Waals surface area contributed by atoms with E-state index in [4.69, 9.17) is 11.6 Å². The molecule has 0 radical (unpaired) electrons. The first-order chi connectivity index (χ1) is 16.4. The van der Waals surface area contributed by atoms with Gasteiger partial charge in [-0.1, -0.05) is 23.7 Å². The molecule has 0 aliphatic carbocycles. The zero-order valence-electron chi connectivity index (χ0n) is 19.1. The van der Waals surface area contributed by atoms with E-state index in [1.165, 1.54) is 11.8 Å². The highest BCUT2D eigenvalue weighted by molar-refractivity contribution is 8.18. The summed E-state index contributed by atoms with van der Waals surface area (Å²) in [5.74, 6) is -0.178. The van der Waals surface area contributed by atoms with Gasteiger partial charge in [-0.25, -0.2) is 0 Å². The first-order valence-electron chi connectivity index (χ1n) is 11.3. The van der Waals surface area contributed by atoms with Crippen molar-refractivity contribution in [3.05, 3.63) is 69.2 Å². The van der Waals surface area contributed by atoms with Gasteiger partial charge in [-0.15, -0.1) is 0 Å². The lowest BCUT2D eigenvalue weighted by molar-refractivity contribution is -0.113. The number of aliphatic hydroxyl groups excluding tert-OH is 1. The zero-order chi connectivity index (χ0) is 23.8. The molecule has 1 unspecified atom stereocenters. The van der Waals surface area contributed by atoms with Crippen LogP contribution in [0.1, 0.15) is 29.7 Å². The van der Waals surface area contributed by atoms with Gasteiger partial charge in [0, 0.05) is 36.6 Å². The highest BCUT2D eigenvalue weighted by Gasteiger charge is 2.27. The molecule has 1 N–H and O–H groups in total. The van der Waals surface area contributed by atoms with Gasteiger partial charge in [-0.2, -0.15) is 10.1 Å². The van der Waals surface area contributed by atoms with Crippen molar-refractivity contribution in [3.63, 3.8) is 0 Å². The molecule has 34 heavy (non-hydrogen) atoms. The normalized spacial score (nSPS) is 19.3. The van der Waals surface area contributed by atoms with Crippen molar-refractivity contribution < 1.29 is 9.90 Å². The molecule has 2 aliphatic rings. The van der Waals surface area contributed by atoms with Gasteiger partial charge in [-0.3, -0.25) is 9.48 Å². The number of likely N-dealkylation sites (N-methyl/N-ethyl adjacent to an activating group) is 1. The van der Waals surface area contributed by atoms with Crippen LogP contribution in [0.3, 0.4) is 0 Å². The minimum absolute atomic E-state index is 0.178. The van der Waals surface area contributed by atoms with E-state index < -0.39 is 6.10 Å². The average molecular weight is 496 g/mol. The molecule has 0 saturated carbocycles. The molecule has 1 saturated heterocycles. The van der Waals surface area contributed by atoms with E-state index in [-0.39, 0.29) is 5.91 Å². The molecular weight excluding hydrogens is 470 g/mol. The number of aliphatic hydroxyl groups is 1. The Morgan fingerprint density at radius 2 is 1.97 bits per heavy atom. The molecule has 0 spiro atoms. The fraction of sp³-hybridized carbons (Fsp3) is 0.320. The molecule has 0 bridgehead atoms. The molecule has 3 aromatic rings. The van der Waals surface area contributed by atoms with Gasteiger partial charge in [0.1, 0.15) is 0 Å². The second-order valence-electron chi connectivity index (χ2n) is 8.74. The highest BCUT2D eigenvalue weighted by Crippen LogP contribution is 2.31. The summed E-state index contributed by atoms with van der Waals surface area (Å²) >= 11 is 7.57. The first kappa shape index (κ1) is 23.1. The largest absolute Gasteiger partial charge is 0.389 e. The third-order valence-corrected chi connectivity index (χ3v) is 7.50. The maximum Gasteiger partial charge on any atom is 0.286 e. The number of benzene rings is 2. The summed E-state index contributed by atoms with van der Waals surface area (Å²) in [6.45, 7) is 5.98. The van der Waals surface area contributed by atoms with Gasteiger partial charge in [0.05, 0.1) is 29.3 Å². The number of carbonyl (C=O) groups is 1. The van der Waals surface area contributed by atoms with Crippen LogP contribution in [0.15, 0.2) is 52.5 Å². The number of aliphatic imine (C=N–C) groups is 1. The number of hydrogen-bond acceptors (Lipinski definition) is 6. The molecule has 1 atom stereocenters. The number of thioether (sulfide) groups is 1. The maximum atomic E-state index is 12.5. The van der Waals surface area contributed by atoms with E-state index in [1.807, 2.05) is 47.3 Å². The smallest absolute Gasteiger partial charge is 0.286 e. The molecule has 2 aliphatic heterocycles. The predicted octanol–water partition coefficient (Wildman–Crippen LogP) is 4.01. The predicted molar refractivity (Wildman–Crippen MR) is 138 cm³/mol. The van der Waals surface area contributed by atoms with E-state index >= 15 is 0 Å². The van der Waals surface area contributed by atoms with Gasteiger partial charge in [0.15, 0.2) is 5.17 Å². The fourth-order valence-corrected chi connectivity index (χ4v) is 5.41. The Kier molecular flexibility index (Phi) is 6.48. The summed E-state index contributed by atoms with van der Waals surface area (Å²) in [5.41, 5.74) is 3.69. The average Bonchev–Trinajstić information content (AvgIpc) is 3.38. The van der Waals surface area contributed by atoms with Crippen LogP contribution in [0.2, 0.25) is 5.02 Å². The lowest BCUT2D eigenvalue weighted by atomic mass is 10.0. The van der Waals surface area contributed by atoms with Crippen LogP contribution in [0.25, 0.3) is 17.0 Å². The van der Waals surface area contributed by atoms with Crippen molar-refractivity contribution in [1.82, 2.24) is 19.6 Å². The molecule has 7 nitrogen and oxygen atoms in total. The number of nitrogens with zero attached hydrogens (tertiary/aromatic N) is 5. The maximum absolute atomic E-state index is 12.5. The fourth-order valence-electron chi connectivity index (χ4n) is 4.26. The Labute approximate surface area is 207 Å². The molecule has 1 amide bonds. The lowest BCUT2D eigenvalue weighted by Crippen LogP contribution is -2.46. The molecule has 3 heterocycles. The SMILES string of the molecule is CC(O)c1cc(Cl)ccc1Cn1ncc2cc(/C=C3\SC(N4CCN(C)CC4)=NC3=O)ccc21. The number of halogens is 1. The second-order valence-corrected chi connectivity index (χ2v) is 10.2. The van der Waals surface area contributed by atoms with Crippen molar-refractivity contribution in [2.24, 2.45) is 4.99 Å². The zero-order valence-corrected chi connectivity index (χ0v) is 20.7.